The summed E-state index contributed by atoms with van der Waals surface area (Å²) in [5.41, 5.74) is 2.99. The van der Waals surface area contributed by atoms with Crippen LogP contribution in [0, 0.1) is 5.82 Å². The summed E-state index contributed by atoms with van der Waals surface area (Å²) < 4.78 is 20.3. The molecule has 0 radical (unpaired) electrons. The number of benzene rings is 2. The summed E-state index contributed by atoms with van der Waals surface area (Å²) >= 11 is 1.51. The number of amides is 1. The van der Waals surface area contributed by atoms with Crippen molar-refractivity contribution in [3.63, 3.8) is 0 Å². The topological polar surface area (TPSA) is 73.2 Å². The number of nitrogens with zero attached hydrogens (tertiary/aromatic N) is 2. The third-order valence-corrected chi connectivity index (χ3v) is 6.29. The van der Waals surface area contributed by atoms with Crippen LogP contribution in [0.1, 0.15) is 26.4 Å². The zero-order valence-electron chi connectivity index (χ0n) is 19.1. The number of rotatable bonds is 9. The van der Waals surface area contributed by atoms with E-state index in [0.717, 1.165) is 21.6 Å². The van der Waals surface area contributed by atoms with Crippen LogP contribution >= 0.6 is 11.3 Å². The molecule has 0 fully saturated rings. The van der Waals surface area contributed by atoms with Crippen molar-refractivity contribution in [2.75, 3.05) is 7.11 Å². The van der Waals surface area contributed by atoms with Crippen molar-refractivity contribution in [2.45, 2.75) is 19.0 Å². The fourth-order valence-electron chi connectivity index (χ4n) is 3.64. The fraction of sp³-hybridized carbons (Fsp3) is 0.148. The van der Waals surface area contributed by atoms with Crippen molar-refractivity contribution >= 4 is 34.9 Å². The molecule has 1 N–H and O–H groups in total. The van der Waals surface area contributed by atoms with Gasteiger partial charge in [-0.15, -0.1) is 11.3 Å². The van der Waals surface area contributed by atoms with Gasteiger partial charge in [-0.25, -0.2) is 14.2 Å². The van der Waals surface area contributed by atoms with Crippen LogP contribution in [0.25, 0.3) is 11.6 Å². The summed E-state index contributed by atoms with van der Waals surface area (Å²) in [7, 11) is 1.30. The van der Waals surface area contributed by atoms with Gasteiger partial charge in [0.25, 0.3) is 5.91 Å². The number of carbonyl (C=O) groups excluding carboxylic acids is 2. The number of halogens is 1. The Morgan fingerprint density at radius 3 is 2.66 bits per heavy atom. The number of imidazole rings is 1. The molecule has 2 aromatic carbocycles. The van der Waals surface area contributed by atoms with E-state index in [1.165, 1.54) is 30.6 Å². The van der Waals surface area contributed by atoms with Gasteiger partial charge in [0, 0.05) is 35.8 Å². The summed E-state index contributed by atoms with van der Waals surface area (Å²) in [6, 6.07) is 16.4. The number of methoxy groups -OCH3 is 1. The lowest BCUT2D eigenvalue weighted by Gasteiger charge is -2.16. The first-order valence-electron chi connectivity index (χ1n) is 10.9. The van der Waals surface area contributed by atoms with E-state index in [1.807, 2.05) is 40.4 Å². The molecule has 0 aliphatic heterocycles. The first-order valence-corrected chi connectivity index (χ1v) is 11.8. The van der Waals surface area contributed by atoms with Crippen LogP contribution in [-0.4, -0.2) is 34.6 Å². The molecule has 35 heavy (non-hydrogen) atoms. The van der Waals surface area contributed by atoms with E-state index in [-0.39, 0.29) is 11.7 Å². The molecule has 2 aromatic heterocycles. The van der Waals surface area contributed by atoms with Gasteiger partial charge in [-0.1, -0.05) is 30.3 Å². The average Bonchev–Trinajstić information content (AvgIpc) is 3.58. The molecule has 0 bridgehead atoms. The van der Waals surface area contributed by atoms with Crippen molar-refractivity contribution in [2.24, 2.45) is 0 Å². The number of thiophene rings is 1. The van der Waals surface area contributed by atoms with Crippen molar-refractivity contribution in [1.29, 1.82) is 0 Å². The van der Waals surface area contributed by atoms with E-state index < -0.39 is 12.0 Å². The van der Waals surface area contributed by atoms with Crippen LogP contribution in [0.2, 0.25) is 0 Å². The predicted molar refractivity (Wildman–Crippen MR) is 134 cm³/mol. The molecule has 0 aliphatic rings. The molecular formula is C27H24FN3O3S. The van der Waals surface area contributed by atoms with Crippen molar-refractivity contribution in [3.05, 3.63) is 112 Å². The Kier molecular flexibility index (Phi) is 7.84. The predicted octanol–water partition coefficient (Wildman–Crippen LogP) is 4.84. The zero-order valence-corrected chi connectivity index (χ0v) is 19.9. The zero-order chi connectivity index (χ0) is 24.6. The number of aromatic nitrogens is 2. The number of hydrogen-bond acceptors (Lipinski definition) is 5. The van der Waals surface area contributed by atoms with E-state index in [4.69, 9.17) is 4.74 Å². The smallest absolute Gasteiger partial charge is 0.328 e. The van der Waals surface area contributed by atoms with Crippen LogP contribution < -0.4 is 5.32 Å². The molecule has 0 aliphatic carbocycles. The molecule has 8 heteroatoms. The molecule has 4 rings (SSSR count). The monoisotopic (exact) mass is 489 g/mol. The molecular weight excluding hydrogens is 465 g/mol. The third kappa shape index (κ3) is 6.51. The minimum atomic E-state index is -0.790. The van der Waals surface area contributed by atoms with E-state index in [9.17, 15) is 14.0 Å². The first kappa shape index (κ1) is 24.1. The van der Waals surface area contributed by atoms with E-state index in [2.05, 4.69) is 10.3 Å². The Bertz CT molecular complexity index is 1300. The van der Waals surface area contributed by atoms with Gasteiger partial charge in [0.15, 0.2) is 0 Å². The number of ether oxygens (including phenoxy) is 1. The fourth-order valence-corrected chi connectivity index (χ4v) is 4.39. The molecule has 178 valence electrons. The largest absolute Gasteiger partial charge is 0.467 e. The minimum Gasteiger partial charge on any atom is -0.467 e. The molecule has 1 unspecified atom stereocenters. The van der Waals surface area contributed by atoms with Gasteiger partial charge >= 0.3 is 5.97 Å². The van der Waals surface area contributed by atoms with E-state index in [1.54, 1.807) is 42.9 Å². The quantitative estimate of drug-likeness (QED) is 0.270. The van der Waals surface area contributed by atoms with Crippen LogP contribution in [-0.2, 0) is 22.5 Å². The molecule has 0 spiro atoms. The number of nitrogens with one attached hydrogen (secondary N) is 1. The molecule has 6 nitrogen and oxygen atoms in total. The lowest BCUT2D eigenvalue weighted by molar-refractivity contribution is -0.142. The second-order valence-corrected chi connectivity index (χ2v) is 8.90. The maximum absolute atomic E-state index is 13.5. The Morgan fingerprint density at radius 1 is 1.14 bits per heavy atom. The summed E-state index contributed by atoms with van der Waals surface area (Å²) in [6.45, 7) is 0.521. The number of esters is 1. The molecule has 0 saturated carbocycles. The van der Waals surface area contributed by atoms with Crippen molar-refractivity contribution < 1.29 is 18.7 Å². The highest BCUT2D eigenvalue weighted by Crippen LogP contribution is 2.22. The second-order valence-electron chi connectivity index (χ2n) is 7.87. The van der Waals surface area contributed by atoms with Gasteiger partial charge in [-0.2, -0.15) is 0 Å². The maximum Gasteiger partial charge on any atom is 0.328 e. The third-order valence-electron chi connectivity index (χ3n) is 5.39. The van der Waals surface area contributed by atoms with Gasteiger partial charge in [-0.05, 0) is 58.5 Å². The van der Waals surface area contributed by atoms with E-state index >= 15 is 0 Å². The van der Waals surface area contributed by atoms with Crippen LogP contribution in [0.4, 0.5) is 4.39 Å². The summed E-state index contributed by atoms with van der Waals surface area (Å²) in [5.74, 6) is -1.18. The highest BCUT2D eigenvalue weighted by atomic mass is 32.1. The van der Waals surface area contributed by atoms with Gasteiger partial charge in [0.05, 0.1) is 13.4 Å². The number of allylic oxidation sites excluding steroid dienone is 1. The standard InChI is InChI=1S/C27H24FN3O3S/c1-34-27(33)25(16-24-6-3-13-35-24)30-26(32)21-5-2-4-19(14-21)15-22(17-31-12-11-29-18-31)20-7-9-23(28)10-8-20/h2-15,18,25H,16-17H2,1H3,(H,30,32)/b22-15-. The highest BCUT2D eigenvalue weighted by Gasteiger charge is 2.23. The first-order chi connectivity index (χ1) is 17.0. The van der Waals surface area contributed by atoms with Gasteiger partial charge in [0.2, 0.25) is 0 Å². The highest BCUT2D eigenvalue weighted by molar-refractivity contribution is 7.09. The average molecular weight is 490 g/mol. The summed E-state index contributed by atoms with van der Waals surface area (Å²) in [5, 5.41) is 4.72. The van der Waals surface area contributed by atoms with Gasteiger partial charge in [0.1, 0.15) is 11.9 Å². The van der Waals surface area contributed by atoms with Crippen molar-refractivity contribution in [3.8, 4) is 0 Å². The molecule has 0 saturated heterocycles. The summed E-state index contributed by atoms with van der Waals surface area (Å²) in [4.78, 5) is 30.4. The number of carbonyl (C=O) groups is 2. The minimum absolute atomic E-state index is 0.308. The molecule has 1 amide bonds. The molecule has 1 atom stereocenters. The Balaban J connectivity index is 1.58. The van der Waals surface area contributed by atoms with Crippen molar-refractivity contribution in [1.82, 2.24) is 14.9 Å². The Labute approximate surface area is 206 Å². The van der Waals surface area contributed by atoms with Crippen LogP contribution in [0.15, 0.2) is 84.8 Å². The van der Waals surface area contributed by atoms with Crippen LogP contribution in [0.5, 0.6) is 0 Å². The normalized spacial score (nSPS) is 12.2. The molecule has 4 aromatic rings. The number of hydrogen-bond donors (Lipinski definition) is 1. The Morgan fingerprint density at radius 2 is 1.97 bits per heavy atom. The summed E-state index contributed by atoms with van der Waals surface area (Å²) in [6.07, 6.45) is 7.56. The lowest BCUT2D eigenvalue weighted by atomic mass is 10.0. The molecule has 2 heterocycles. The van der Waals surface area contributed by atoms with E-state index in [0.29, 0.717) is 18.5 Å². The maximum atomic E-state index is 13.5. The van der Waals surface area contributed by atoms with Crippen LogP contribution in [0.3, 0.4) is 0 Å². The second kappa shape index (κ2) is 11.4. The lowest BCUT2D eigenvalue weighted by Crippen LogP contribution is -2.42. The van der Waals surface area contributed by atoms with Gasteiger partial charge < -0.3 is 14.6 Å². The van der Waals surface area contributed by atoms with Gasteiger partial charge in [-0.3, -0.25) is 4.79 Å². The Hall–Kier alpha value is -4.04. The SMILES string of the molecule is COC(=O)C(Cc1cccs1)NC(=O)c1cccc(/C=C(/Cn2ccnc2)c2ccc(F)cc2)c1.